The molecule has 2 heterocycles. The summed E-state index contributed by atoms with van der Waals surface area (Å²) in [6, 6.07) is 18.8. The molecule has 0 fully saturated rings. The van der Waals surface area contributed by atoms with Crippen molar-refractivity contribution in [2.75, 3.05) is 0 Å². The Morgan fingerprint density at radius 3 is 2.55 bits per heavy atom. The Balaban J connectivity index is 1.92. The van der Waals surface area contributed by atoms with Crippen LogP contribution in [0.15, 0.2) is 60.8 Å². The van der Waals surface area contributed by atoms with Crippen LogP contribution in [-0.2, 0) is 6.54 Å². The highest BCUT2D eigenvalue weighted by Crippen LogP contribution is 2.20. The highest BCUT2D eigenvalue weighted by molar-refractivity contribution is 5.79. The van der Waals surface area contributed by atoms with Gasteiger partial charge in [-0.05, 0) is 24.6 Å². The zero-order valence-corrected chi connectivity index (χ0v) is 11.3. The molecule has 0 unspecified atom stereocenters. The Morgan fingerprint density at radius 2 is 1.70 bits per heavy atom. The van der Waals surface area contributed by atoms with Gasteiger partial charge in [0.05, 0.1) is 17.6 Å². The molecular formula is C17H15N3. The van der Waals surface area contributed by atoms with Gasteiger partial charge in [0.15, 0.2) is 0 Å². The monoisotopic (exact) mass is 261 g/mol. The summed E-state index contributed by atoms with van der Waals surface area (Å²) in [5, 5.41) is 0. The van der Waals surface area contributed by atoms with Crippen LogP contribution in [0.25, 0.3) is 16.8 Å². The van der Waals surface area contributed by atoms with E-state index in [2.05, 4.69) is 64.6 Å². The summed E-state index contributed by atoms with van der Waals surface area (Å²) in [7, 11) is 0. The maximum absolute atomic E-state index is 4.76. The van der Waals surface area contributed by atoms with Crippen molar-refractivity contribution in [2.45, 2.75) is 13.5 Å². The van der Waals surface area contributed by atoms with E-state index in [9.17, 15) is 0 Å². The molecule has 2 aromatic heterocycles. The third-order valence-electron chi connectivity index (χ3n) is 3.74. The highest BCUT2D eigenvalue weighted by atomic mass is 15.2. The van der Waals surface area contributed by atoms with E-state index in [0.29, 0.717) is 0 Å². The number of aromatic nitrogens is 3. The topological polar surface area (TPSA) is 22.2 Å². The fourth-order valence-electron chi connectivity index (χ4n) is 2.73. The summed E-state index contributed by atoms with van der Waals surface area (Å²) in [5.41, 5.74) is 4.73. The molecule has 2 aromatic carbocycles. The van der Waals surface area contributed by atoms with Crippen LogP contribution in [0.5, 0.6) is 0 Å². The summed E-state index contributed by atoms with van der Waals surface area (Å²) < 4.78 is 4.43. The smallest absolute Gasteiger partial charge is 0.215 e. The van der Waals surface area contributed by atoms with E-state index in [-0.39, 0.29) is 0 Å². The molecule has 3 nitrogen and oxygen atoms in total. The van der Waals surface area contributed by atoms with Gasteiger partial charge >= 0.3 is 0 Å². The summed E-state index contributed by atoms with van der Waals surface area (Å²) in [5.74, 6) is 1.01. The van der Waals surface area contributed by atoms with E-state index in [1.54, 1.807) is 0 Å². The molecule has 0 aliphatic rings. The van der Waals surface area contributed by atoms with Crippen molar-refractivity contribution >= 4 is 16.8 Å². The first kappa shape index (κ1) is 11.3. The molecule has 20 heavy (non-hydrogen) atoms. The van der Waals surface area contributed by atoms with E-state index in [4.69, 9.17) is 4.98 Å². The predicted molar refractivity (Wildman–Crippen MR) is 81.0 cm³/mol. The molecule has 0 aliphatic carbocycles. The Labute approximate surface area is 117 Å². The number of imidazole rings is 2. The fourth-order valence-corrected chi connectivity index (χ4v) is 2.73. The minimum absolute atomic E-state index is 0.854. The van der Waals surface area contributed by atoms with Crippen molar-refractivity contribution in [1.29, 1.82) is 0 Å². The van der Waals surface area contributed by atoms with Crippen molar-refractivity contribution in [3.05, 3.63) is 72.1 Å². The second-order valence-electron chi connectivity index (χ2n) is 5.11. The molecule has 0 saturated carbocycles. The van der Waals surface area contributed by atoms with Crippen molar-refractivity contribution in [3.8, 4) is 0 Å². The SMILES string of the molecule is Cc1cn2c3ccccc3nc2n1Cc1ccccc1. The first-order valence-electron chi connectivity index (χ1n) is 6.80. The zero-order chi connectivity index (χ0) is 13.5. The Kier molecular flexibility index (Phi) is 2.39. The first-order chi connectivity index (χ1) is 9.83. The number of fused-ring (bicyclic) bond motifs is 3. The maximum atomic E-state index is 4.76. The third-order valence-corrected chi connectivity index (χ3v) is 3.74. The predicted octanol–water partition coefficient (Wildman–Crippen LogP) is 3.65. The van der Waals surface area contributed by atoms with E-state index >= 15 is 0 Å². The van der Waals surface area contributed by atoms with Crippen LogP contribution in [0.1, 0.15) is 11.3 Å². The molecule has 0 atom stereocenters. The standard InChI is InChI=1S/C17H15N3/c1-13-11-20-16-10-6-5-9-15(16)18-17(20)19(13)12-14-7-3-2-4-8-14/h2-11H,12H2,1H3. The molecule has 0 radical (unpaired) electrons. The second kappa shape index (κ2) is 4.23. The van der Waals surface area contributed by atoms with Crippen molar-refractivity contribution in [3.63, 3.8) is 0 Å². The van der Waals surface area contributed by atoms with Gasteiger partial charge in [-0.2, -0.15) is 0 Å². The van der Waals surface area contributed by atoms with Crippen LogP contribution < -0.4 is 0 Å². The van der Waals surface area contributed by atoms with Crippen LogP contribution in [0.4, 0.5) is 0 Å². The summed E-state index contributed by atoms with van der Waals surface area (Å²) >= 11 is 0. The van der Waals surface area contributed by atoms with Gasteiger partial charge in [0.1, 0.15) is 0 Å². The average Bonchev–Trinajstić information content (AvgIpc) is 2.98. The number of rotatable bonds is 2. The third kappa shape index (κ3) is 1.63. The number of para-hydroxylation sites is 2. The van der Waals surface area contributed by atoms with Gasteiger partial charge in [-0.1, -0.05) is 42.5 Å². The number of aryl methyl sites for hydroxylation is 1. The van der Waals surface area contributed by atoms with Crippen LogP contribution in [-0.4, -0.2) is 14.0 Å². The van der Waals surface area contributed by atoms with Crippen LogP contribution >= 0.6 is 0 Å². The molecule has 0 amide bonds. The molecule has 3 heteroatoms. The van der Waals surface area contributed by atoms with Crippen molar-refractivity contribution < 1.29 is 0 Å². The second-order valence-corrected chi connectivity index (χ2v) is 5.11. The van der Waals surface area contributed by atoms with Gasteiger partial charge in [-0.25, -0.2) is 4.98 Å². The summed E-state index contributed by atoms with van der Waals surface area (Å²) in [6.07, 6.45) is 2.16. The lowest BCUT2D eigenvalue weighted by molar-refractivity contribution is 0.792. The van der Waals surface area contributed by atoms with Crippen molar-refractivity contribution in [1.82, 2.24) is 14.0 Å². The highest BCUT2D eigenvalue weighted by Gasteiger charge is 2.11. The molecule has 98 valence electrons. The lowest BCUT2D eigenvalue weighted by Gasteiger charge is -2.05. The largest absolute Gasteiger partial charge is 0.310 e. The van der Waals surface area contributed by atoms with Gasteiger partial charge in [0.25, 0.3) is 0 Å². The molecule has 0 bridgehead atoms. The lowest BCUT2D eigenvalue weighted by atomic mass is 10.2. The van der Waals surface area contributed by atoms with Crippen molar-refractivity contribution in [2.24, 2.45) is 0 Å². The van der Waals surface area contributed by atoms with Crippen LogP contribution in [0, 0.1) is 6.92 Å². The van der Waals surface area contributed by atoms with Gasteiger partial charge in [0.2, 0.25) is 5.78 Å². The Hall–Kier alpha value is -2.55. The molecule has 4 aromatic rings. The van der Waals surface area contributed by atoms with Crippen LogP contribution in [0.3, 0.4) is 0 Å². The van der Waals surface area contributed by atoms with Gasteiger partial charge < -0.3 is 4.57 Å². The van der Waals surface area contributed by atoms with Gasteiger partial charge in [-0.15, -0.1) is 0 Å². The lowest BCUT2D eigenvalue weighted by Crippen LogP contribution is -2.02. The quantitative estimate of drug-likeness (QED) is 0.540. The number of benzene rings is 2. The first-order valence-corrected chi connectivity index (χ1v) is 6.80. The van der Waals surface area contributed by atoms with Gasteiger partial charge in [0, 0.05) is 11.9 Å². The minimum Gasteiger partial charge on any atom is -0.310 e. The molecule has 0 saturated heterocycles. The number of hydrogen-bond acceptors (Lipinski definition) is 1. The summed E-state index contributed by atoms with van der Waals surface area (Å²) in [4.78, 5) is 4.76. The molecule has 0 spiro atoms. The summed E-state index contributed by atoms with van der Waals surface area (Å²) in [6.45, 7) is 2.99. The number of nitrogens with zero attached hydrogens (tertiary/aromatic N) is 3. The number of hydrogen-bond donors (Lipinski definition) is 0. The van der Waals surface area contributed by atoms with E-state index in [0.717, 1.165) is 23.4 Å². The molecular weight excluding hydrogens is 246 g/mol. The van der Waals surface area contributed by atoms with E-state index < -0.39 is 0 Å². The van der Waals surface area contributed by atoms with Crippen LogP contribution in [0.2, 0.25) is 0 Å². The Morgan fingerprint density at radius 1 is 0.950 bits per heavy atom. The molecule has 4 rings (SSSR count). The molecule has 0 N–H and O–H groups in total. The van der Waals surface area contributed by atoms with Gasteiger partial charge in [-0.3, -0.25) is 4.40 Å². The Bertz CT molecular complexity index is 885. The van der Waals surface area contributed by atoms with E-state index in [1.165, 1.54) is 11.3 Å². The van der Waals surface area contributed by atoms with E-state index in [1.807, 2.05) is 12.1 Å². The molecule has 0 aliphatic heterocycles. The average molecular weight is 261 g/mol. The maximum Gasteiger partial charge on any atom is 0.215 e. The zero-order valence-electron chi connectivity index (χ0n) is 11.3. The minimum atomic E-state index is 0.854. The fraction of sp³-hybridized carbons (Fsp3) is 0.118. The normalized spacial score (nSPS) is 11.4.